The van der Waals surface area contributed by atoms with E-state index in [9.17, 15) is 0 Å². The Labute approximate surface area is 75.9 Å². The molecule has 1 saturated carbocycles. The monoisotopic (exact) mass is 165 g/mol. The van der Waals surface area contributed by atoms with Gasteiger partial charge < -0.3 is 5.32 Å². The Bertz CT molecular complexity index is 151. The van der Waals surface area contributed by atoms with Crippen molar-refractivity contribution in [2.45, 2.75) is 45.1 Å². The fourth-order valence-electron chi connectivity index (χ4n) is 2.02. The van der Waals surface area contributed by atoms with Gasteiger partial charge in [-0.2, -0.15) is 0 Å². The lowest BCUT2D eigenvalue weighted by atomic mass is 9.84. The number of hydrogen-bond donors (Lipinski definition) is 1. The van der Waals surface area contributed by atoms with Gasteiger partial charge in [-0.1, -0.05) is 25.2 Å². The molecule has 0 aromatic rings. The van der Waals surface area contributed by atoms with Gasteiger partial charge in [0, 0.05) is 6.04 Å². The predicted octanol–water partition coefficient (Wildman–Crippen LogP) is 2.18. The molecule has 0 saturated heterocycles. The highest BCUT2D eigenvalue weighted by Crippen LogP contribution is 2.25. The van der Waals surface area contributed by atoms with Crippen molar-refractivity contribution >= 4 is 0 Å². The Morgan fingerprint density at radius 3 is 2.67 bits per heavy atom. The molecule has 12 heavy (non-hydrogen) atoms. The Kier molecular flexibility index (Phi) is 4.18. The number of terminal acetylenes is 1. The second kappa shape index (κ2) is 5.22. The zero-order valence-corrected chi connectivity index (χ0v) is 7.97. The Balaban J connectivity index is 2.21. The van der Waals surface area contributed by atoms with Crippen LogP contribution >= 0.6 is 0 Å². The van der Waals surface area contributed by atoms with Gasteiger partial charge in [0.05, 0.1) is 6.54 Å². The summed E-state index contributed by atoms with van der Waals surface area (Å²) in [4.78, 5) is 0. The van der Waals surface area contributed by atoms with Crippen molar-refractivity contribution in [1.29, 1.82) is 0 Å². The molecular formula is C11H19N. The van der Waals surface area contributed by atoms with Crippen LogP contribution in [0.3, 0.4) is 0 Å². The van der Waals surface area contributed by atoms with Crippen molar-refractivity contribution in [3.63, 3.8) is 0 Å². The summed E-state index contributed by atoms with van der Waals surface area (Å²) in [7, 11) is 0. The lowest BCUT2D eigenvalue weighted by molar-refractivity contribution is 0.287. The maximum absolute atomic E-state index is 5.19. The normalized spacial score (nSPS) is 21.7. The smallest absolute Gasteiger partial charge is 0.0575 e. The first kappa shape index (κ1) is 9.61. The van der Waals surface area contributed by atoms with Crippen molar-refractivity contribution in [3.05, 3.63) is 0 Å². The van der Waals surface area contributed by atoms with Gasteiger partial charge in [-0.05, 0) is 25.7 Å². The van der Waals surface area contributed by atoms with Crippen LogP contribution in [0.25, 0.3) is 0 Å². The maximum atomic E-state index is 5.19. The molecule has 0 aromatic carbocycles. The zero-order valence-electron chi connectivity index (χ0n) is 7.97. The van der Waals surface area contributed by atoms with Crippen LogP contribution in [0.4, 0.5) is 0 Å². The molecule has 1 nitrogen and oxygen atoms in total. The highest BCUT2D eigenvalue weighted by molar-refractivity contribution is 4.89. The van der Waals surface area contributed by atoms with Gasteiger partial charge in [-0.3, -0.25) is 0 Å². The summed E-state index contributed by atoms with van der Waals surface area (Å²) < 4.78 is 0. The second-order valence-corrected chi connectivity index (χ2v) is 3.77. The molecule has 0 aromatic heterocycles. The molecule has 0 bridgehead atoms. The number of rotatable bonds is 3. The van der Waals surface area contributed by atoms with Crippen LogP contribution in [-0.4, -0.2) is 12.6 Å². The van der Waals surface area contributed by atoms with E-state index in [1.807, 2.05) is 0 Å². The summed E-state index contributed by atoms with van der Waals surface area (Å²) in [5, 5.41) is 3.37. The SMILES string of the molecule is C#CCN[C@@H](C)C1CCCCC1. The van der Waals surface area contributed by atoms with E-state index >= 15 is 0 Å². The number of hydrogen-bond acceptors (Lipinski definition) is 1. The second-order valence-electron chi connectivity index (χ2n) is 3.77. The van der Waals surface area contributed by atoms with Crippen molar-refractivity contribution < 1.29 is 0 Å². The van der Waals surface area contributed by atoms with Gasteiger partial charge in [0.2, 0.25) is 0 Å². The Hall–Kier alpha value is -0.480. The van der Waals surface area contributed by atoms with E-state index in [4.69, 9.17) is 6.42 Å². The van der Waals surface area contributed by atoms with Crippen LogP contribution in [0.5, 0.6) is 0 Å². The van der Waals surface area contributed by atoms with E-state index in [2.05, 4.69) is 18.2 Å². The van der Waals surface area contributed by atoms with Crippen molar-refractivity contribution in [3.8, 4) is 12.3 Å². The minimum atomic E-state index is 0.612. The largest absolute Gasteiger partial charge is 0.303 e. The van der Waals surface area contributed by atoms with Crippen LogP contribution in [0.1, 0.15) is 39.0 Å². The molecule has 0 amide bonds. The summed E-state index contributed by atoms with van der Waals surface area (Å²) in [6.07, 6.45) is 12.2. The minimum absolute atomic E-state index is 0.612. The third kappa shape index (κ3) is 2.87. The summed E-state index contributed by atoms with van der Waals surface area (Å²) in [6.45, 7) is 2.98. The lowest BCUT2D eigenvalue weighted by Crippen LogP contribution is -2.34. The van der Waals surface area contributed by atoms with Gasteiger partial charge in [0.15, 0.2) is 0 Å². The van der Waals surface area contributed by atoms with E-state index in [0.717, 1.165) is 12.5 Å². The Morgan fingerprint density at radius 2 is 2.08 bits per heavy atom. The first-order valence-corrected chi connectivity index (χ1v) is 5.01. The highest BCUT2D eigenvalue weighted by atomic mass is 14.9. The molecule has 1 aliphatic rings. The molecule has 1 rings (SSSR count). The molecule has 1 N–H and O–H groups in total. The third-order valence-electron chi connectivity index (χ3n) is 2.88. The van der Waals surface area contributed by atoms with E-state index in [1.165, 1.54) is 32.1 Å². The molecule has 1 heteroatoms. The van der Waals surface area contributed by atoms with Crippen LogP contribution in [0.15, 0.2) is 0 Å². The summed E-state index contributed by atoms with van der Waals surface area (Å²) in [5.41, 5.74) is 0. The zero-order chi connectivity index (χ0) is 8.81. The Morgan fingerprint density at radius 1 is 1.42 bits per heavy atom. The van der Waals surface area contributed by atoms with Crippen LogP contribution in [-0.2, 0) is 0 Å². The third-order valence-corrected chi connectivity index (χ3v) is 2.88. The van der Waals surface area contributed by atoms with Gasteiger partial charge >= 0.3 is 0 Å². The van der Waals surface area contributed by atoms with E-state index in [1.54, 1.807) is 0 Å². The summed E-state index contributed by atoms with van der Waals surface area (Å²) >= 11 is 0. The van der Waals surface area contributed by atoms with Crippen LogP contribution < -0.4 is 5.32 Å². The van der Waals surface area contributed by atoms with Crippen molar-refractivity contribution in [1.82, 2.24) is 5.32 Å². The first-order valence-electron chi connectivity index (χ1n) is 5.01. The van der Waals surface area contributed by atoms with Gasteiger partial charge in [-0.15, -0.1) is 6.42 Å². The molecule has 0 unspecified atom stereocenters. The highest BCUT2D eigenvalue weighted by Gasteiger charge is 2.18. The predicted molar refractivity (Wildman–Crippen MR) is 52.9 cm³/mol. The van der Waals surface area contributed by atoms with Gasteiger partial charge in [-0.25, -0.2) is 0 Å². The maximum Gasteiger partial charge on any atom is 0.0575 e. The molecule has 1 aliphatic carbocycles. The van der Waals surface area contributed by atoms with E-state index < -0.39 is 0 Å². The van der Waals surface area contributed by atoms with Crippen LogP contribution in [0, 0.1) is 18.3 Å². The van der Waals surface area contributed by atoms with Crippen molar-refractivity contribution in [2.24, 2.45) is 5.92 Å². The lowest BCUT2D eigenvalue weighted by Gasteiger charge is -2.27. The fourth-order valence-corrected chi connectivity index (χ4v) is 2.02. The van der Waals surface area contributed by atoms with E-state index in [-0.39, 0.29) is 0 Å². The fraction of sp³-hybridized carbons (Fsp3) is 0.818. The average molecular weight is 165 g/mol. The molecular weight excluding hydrogens is 146 g/mol. The van der Waals surface area contributed by atoms with Gasteiger partial charge in [0.1, 0.15) is 0 Å². The molecule has 1 atom stereocenters. The number of nitrogens with one attached hydrogen (secondary N) is 1. The quantitative estimate of drug-likeness (QED) is 0.632. The first-order chi connectivity index (χ1) is 5.84. The summed E-state index contributed by atoms with van der Waals surface area (Å²) in [6, 6.07) is 0.612. The average Bonchev–Trinajstić information content (AvgIpc) is 2.15. The standard InChI is InChI=1S/C11H19N/c1-3-9-12-10(2)11-7-5-4-6-8-11/h1,10-12H,4-9H2,2H3/t10-/m0/s1. The van der Waals surface area contributed by atoms with Crippen molar-refractivity contribution in [2.75, 3.05) is 6.54 Å². The molecule has 0 heterocycles. The minimum Gasteiger partial charge on any atom is -0.303 e. The molecule has 0 radical (unpaired) electrons. The molecule has 1 fully saturated rings. The summed E-state index contributed by atoms with van der Waals surface area (Å²) in [5.74, 6) is 3.49. The van der Waals surface area contributed by atoms with E-state index in [0.29, 0.717) is 6.04 Å². The molecule has 0 aliphatic heterocycles. The van der Waals surface area contributed by atoms with Crippen LogP contribution in [0.2, 0.25) is 0 Å². The topological polar surface area (TPSA) is 12.0 Å². The molecule has 0 spiro atoms. The van der Waals surface area contributed by atoms with Gasteiger partial charge in [0.25, 0.3) is 0 Å². The molecule has 68 valence electrons.